The molecule has 1 aromatic heterocycles. The summed E-state index contributed by atoms with van der Waals surface area (Å²) in [5, 5.41) is 13.0. The van der Waals surface area contributed by atoms with Crippen molar-refractivity contribution in [3.8, 4) is 17.2 Å². The molecule has 1 amide bonds. The number of para-hydroxylation sites is 1. The molecule has 1 atom stereocenters. The number of hydrogen-bond acceptors (Lipinski definition) is 9. The number of thiazole rings is 1. The second-order valence-corrected chi connectivity index (χ2v) is 10.8. The summed E-state index contributed by atoms with van der Waals surface area (Å²) in [5.41, 5.74) is 2.35. The van der Waals surface area contributed by atoms with Crippen molar-refractivity contribution in [3.05, 3.63) is 120 Å². The number of phenolic OH excluding ortho intramolecular Hbond substituents is 1. The molecule has 226 valence electrons. The zero-order valence-electron chi connectivity index (χ0n) is 24.4. The van der Waals surface area contributed by atoms with E-state index in [9.17, 15) is 19.5 Å². The number of carbonyl (C=O) groups excluding carboxylic acids is 2. The fraction of sp³-hybridized carbons (Fsp3) is 0.212. The van der Waals surface area contributed by atoms with Gasteiger partial charge in [0.1, 0.15) is 5.75 Å². The first-order valence-electron chi connectivity index (χ1n) is 13.9. The van der Waals surface area contributed by atoms with Crippen molar-refractivity contribution in [1.29, 1.82) is 0 Å². The van der Waals surface area contributed by atoms with Gasteiger partial charge in [-0.15, -0.1) is 0 Å². The number of rotatable bonds is 10. The lowest BCUT2D eigenvalue weighted by atomic mass is 9.95. The van der Waals surface area contributed by atoms with Gasteiger partial charge in [0.2, 0.25) is 0 Å². The summed E-state index contributed by atoms with van der Waals surface area (Å²) in [6.45, 7) is 3.72. The molecular formula is C33H31N3O7S. The van der Waals surface area contributed by atoms with Gasteiger partial charge in [-0.3, -0.25) is 14.2 Å². The number of phenols is 1. The quantitative estimate of drug-likeness (QED) is 0.263. The first-order valence-corrected chi connectivity index (χ1v) is 14.7. The fourth-order valence-corrected chi connectivity index (χ4v) is 5.87. The number of aromatic hydroxyl groups is 1. The Morgan fingerprint density at radius 3 is 2.57 bits per heavy atom. The Balaban J connectivity index is 1.50. The highest BCUT2D eigenvalue weighted by Crippen LogP contribution is 2.35. The summed E-state index contributed by atoms with van der Waals surface area (Å²) in [6.07, 6.45) is 1.68. The van der Waals surface area contributed by atoms with Crippen LogP contribution in [-0.2, 0) is 20.9 Å². The molecule has 0 saturated heterocycles. The third-order valence-corrected chi connectivity index (χ3v) is 7.92. The summed E-state index contributed by atoms with van der Waals surface area (Å²) >= 11 is 1.16. The van der Waals surface area contributed by atoms with Crippen molar-refractivity contribution in [2.24, 2.45) is 4.99 Å². The highest BCUT2D eigenvalue weighted by molar-refractivity contribution is 7.07. The molecule has 0 spiro atoms. The van der Waals surface area contributed by atoms with E-state index in [-0.39, 0.29) is 41.8 Å². The van der Waals surface area contributed by atoms with Gasteiger partial charge >= 0.3 is 5.97 Å². The van der Waals surface area contributed by atoms with Gasteiger partial charge in [0.15, 0.2) is 22.9 Å². The summed E-state index contributed by atoms with van der Waals surface area (Å²) in [7, 11) is 1.42. The van der Waals surface area contributed by atoms with E-state index >= 15 is 0 Å². The first-order chi connectivity index (χ1) is 21.3. The predicted octanol–water partition coefficient (Wildman–Crippen LogP) is 3.21. The van der Waals surface area contributed by atoms with Crippen molar-refractivity contribution in [2.75, 3.05) is 20.3 Å². The third-order valence-electron chi connectivity index (χ3n) is 6.93. The Labute approximate surface area is 257 Å². The van der Waals surface area contributed by atoms with Gasteiger partial charge in [-0.25, -0.2) is 9.79 Å². The van der Waals surface area contributed by atoms with Crippen LogP contribution >= 0.6 is 11.3 Å². The van der Waals surface area contributed by atoms with E-state index in [0.29, 0.717) is 38.5 Å². The molecule has 0 bridgehead atoms. The van der Waals surface area contributed by atoms with Crippen molar-refractivity contribution < 1.29 is 28.9 Å². The Bertz CT molecular complexity index is 1910. The fourth-order valence-electron chi connectivity index (χ4n) is 4.83. The van der Waals surface area contributed by atoms with Gasteiger partial charge in [-0.05, 0) is 49.2 Å². The maximum Gasteiger partial charge on any atom is 0.338 e. The van der Waals surface area contributed by atoms with Crippen LogP contribution < -0.4 is 29.7 Å². The van der Waals surface area contributed by atoms with Crippen molar-refractivity contribution in [2.45, 2.75) is 26.4 Å². The molecule has 1 unspecified atom stereocenters. The Morgan fingerprint density at radius 2 is 1.82 bits per heavy atom. The number of nitrogens with zero attached hydrogens (tertiary/aromatic N) is 2. The number of fused-ring (bicyclic) bond motifs is 1. The standard InChI is InChI=1S/C33H31N3O7S/c1-4-42-32(40)29-20(2)35-33-36(30(29)23-14-15-24(37)26(16-23)41-3)31(39)27(44-33)17-22-12-8-9-13-25(22)43-19-28(38)34-18-21-10-6-5-7-11-21/h5-17,30,37H,4,18-19H2,1-3H3,(H,34,38)/b27-17-. The van der Waals surface area contributed by atoms with E-state index in [2.05, 4.69) is 10.3 Å². The van der Waals surface area contributed by atoms with Crippen molar-refractivity contribution in [1.82, 2.24) is 9.88 Å². The molecule has 2 heterocycles. The van der Waals surface area contributed by atoms with Crippen LogP contribution in [-0.4, -0.2) is 41.9 Å². The van der Waals surface area contributed by atoms with Gasteiger partial charge in [-0.2, -0.15) is 0 Å². The molecule has 2 N–H and O–H groups in total. The number of esters is 1. The first kappa shape index (κ1) is 30.3. The van der Waals surface area contributed by atoms with Crippen LogP contribution in [0, 0.1) is 0 Å². The largest absolute Gasteiger partial charge is 0.504 e. The molecule has 1 aliphatic rings. The van der Waals surface area contributed by atoms with Crippen LogP contribution in [0.3, 0.4) is 0 Å². The lowest BCUT2D eigenvalue weighted by Crippen LogP contribution is -2.40. The zero-order valence-corrected chi connectivity index (χ0v) is 25.2. The van der Waals surface area contributed by atoms with Crippen LogP contribution in [0.5, 0.6) is 17.2 Å². The Kier molecular flexibility index (Phi) is 9.25. The average Bonchev–Trinajstić information content (AvgIpc) is 3.33. The summed E-state index contributed by atoms with van der Waals surface area (Å²) in [5.74, 6) is -0.330. The van der Waals surface area contributed by atoms with Crippen LogP contribution in [0.1, 0.15) is 36.6 Å². The lowest BCUT2D eigenvalue weighted by molar-refractivity contribution is -0.139. The maximum atomic E-state index is 14.0. The predicted molar refractivity (Wildman–Crippen MR) is 165 cm³/mol. The zero-order chi connectivity index (χ0) is 31.2. The Morgan fingerprint density at radius 1 is 1.07 bits per heavy atom. The molecule has 44 heavy (non-hydrogen) atoms. The summed E-state index contributed by atoms with van der Waals surface area (Å²) in [4.78, 5) is 44.6. The van der Waals surface area contributed by atoms with E-state index in [4.69, 9.17) is 14.2 Å². The number of amides is 1. The van der Waals surface area contributed by atoms with Crippen molar-refractivity contribution in [3.63, 3.8) is 0 Å². The SMILES string of the molecule is CCOC(=O)C1=C(C)N=c2s/c(=C\c3ccccc3OCC(=O)NCc3ccccc3)c(=O)n2C1c1ccc(O)c(OC)c1. The molecule has 0 radical (unpaired) electrons. The normalized spacial score (nSPS) is 14.4. The molecule has 3 aromatic carbocycles. The second kappa shape index (κ2) is 13.4. The molecule has 1 aliphatic heterocycles. The van der Waals surface area contributed by atoms with Crippen LogP contribution in [0.25, 0.3) is 6.08 Å². The van der Waals surface area contributed by atoms with Gasteiger partial charge in [-0.1, -0.05) is 65.9 Å². The topological polar surface area (TPSA) is 128 Å². The average molecular weight is 614 g/mol. The van der Waals surface area contributed by atoms with Crippen LogP contribution in [0.15, 0.2) is 93.9 Å². The number of benzene rings is 3. The maximum absolute atomic E-state index is 14.0. The number of ether oxygens (including phenoxy) is 3. The molecular weight excluding hydrogens is 582 g/mol. The molecule has 11 heteroatoms. The lowest BCUT2D eigenvalue weighted by Gasteiger charge is -2.25. The van der Waals surface area contributed by atoms with Gasteiger partial charge < -0.3 is 24.6 Å². The molecule has 4 aromatic rings. The van der Waals surface area contributed by atoms with Gasteiger partial charge in [0.05, 0.1) is 35.6 Å². The highest BCUT2D eigenvalue weighted by Gasteiger charge is 2.34. The van der Waals surface area contributed by atoms with E-state index in [1.54, 1.807) is 56.3 Å². The highest BCUT2D eigenvalue weighted by atomic mass is 32.1. The van der Waals surface area contributed by atoms with Crippen LogP contribution in [0.2, 0.25) is 0 Å². The van der Waals surface area contributed by atoms with Crippen LogP contribution in [0.4, 0.5) is 0 Å². The van der Waals surface area contributed by atoms with Gasteiger partial charge in [0.25, 0.3) is 11.5 Å². The van der Waals surface area contributed by atoms with E-state index in [0.717, 1.165) is 16.9 Å². The molecule has 10 nitrogen and oxygen atoms in total. The molecule has 0 fully saturated rings. The minimum absolute atomic E-state index is 0.0765. The number of nitrogens with one attached hydrogen (secondary N) is 1. The van der Waals surface area contributed by atoms with Crippen molar-refractivity contribution >= 4 is 29.3 Å². The molecule has 0 saturated carbocycles. The van der Waals surface area contributed by atoms with E-state index in [1.807, 2.05) is 30.3 Å². The second-order valence-electron chi connectivity index (χ2n) is 9.82. The summed E-state index contributed by atoms with van der Waals surface area (Å²) < 4.78 is 18.3. The summed E-state index contributed by atoms with van der Waals surface area (Å²) in [6, 6.07) is 20.4. The van der Waals surface area contributed by atoms with E-state index < -0.39 is 12.0 Å². The number of hydrogen-bond donors (Lipinski definition) is 2. The smallest absolute Gasteiger partial charge is 0.338 e. The molecule has 5 rings (SSSR count). The molecule has 0 aliphatic carbocycles. The van der Waals surface area contributed by atoms with Gasteiger partial charge in [0, 0.05) is 12.1 Å². The third kappa shape index (κ3) is 6.42. The minimum atomic E-state index is -0.873. The minimum Gasteiger partial charge on any atom is -0.504 e. The Hall–Kier alpha value is -5.16. The number of methoxy groups -OCH3 is 1. The number of carbonyl (C=O) groups is 2. The number of aromatic nitrogens is 1. The number of allylic oxidation sites excluding steroid dienone is 1. The monoisotopic (exact) mass is 613 g/mol. The van der Waals surface area contributed by atoms with E-state index in [1.165, 1.54) is 17.7 Å².